The van der Waals surface area contributed by atoms with E-state index in [1.807, 2.05) is 0 Å². The molecule has 0 aromatic carbocycles. The molecule has 0 amide bonds. The molecule has 1 aromatic heterocycles. The standard InChI is InChI=1S/C13H14ClN3O4/c1-6-2-3-15-11-9(8(6)14)16-5-17(11)12-7(4-18)10(19)13(20)21-12/h2-3,5,7,10,12-13,18-20H,1,4H2/t7-,10-,12+,13+/m1/s1. The van der Waals surface area contributed by atoms with Gasteiger partial charge >= 0.3 is 0 Å². The van der Waals surface area contributed by atoms with Gasteiger partial charge in [-0.1, -0.05) is 18.2 Å². The van der Waals surface area contributed by atoms with Gasteiger partial charge in [0.15, 0.2) is 11.8 Å². The van der Waals surface area contributed by atoms with Crippen LogP contribution in [0, 0.1) is 5.92 Å². The SMILES string of the molecule is C=C1C=CN=c2c(ncn2[C@H]2O[C@H](O)[C@H](O)[C@H]2CO)=C1Cl. The summed E-state index contributed by atoms with van der Waals surface area (Å²) in [6, 6.07) is 0. The van der Waals surface area contributed by atoms with Gasteiger partial charge in [-0.25, -0.2) is 9.98 Å². The lowest BCUT2D eigenvalue weighted by atomic mass is 10.0. The Kier molecular flexibility index (Phi) is 3.68. The van der Waals surface area contributed by atoms with Crippen LogP contribution in [0.4, 0.5) is 0 Å². The summed E-state index contributed by atoms with van der Waals surface area (Å²) in [5.74, 6) is -0.692. The number of aliphatic hydroxyl groups is 3. The average molecular weight is 312 g/mol. The van der Waals surface area contributed by atoms with Crippen LogP contribution in [0.3, 0.4) is 0 Å². The molecule has 3 heterocycles. The fraction of sp³-hybridized carbons (Fsp3) is 0.385. The Morgan fingerprint density at radius 1 is 1.43 bits per heavy atom. The van der Waals surface area contributed by atoms with Crippen molar-refractivity contribution in [1.82, 2.24) is 9.55 Å². The zero-order chi connectivity index (χ0) is 15.1. The first-order valence-corrected chi connectivity index (χ1v) is 6.71. The molecule has 1 aromatic rings. The molecule has 2 aliphatic rings. The lowest BCUT2D eigenvalue weighted by Crippen LogP contribution is -2.36. The molecule has 2 aliphatic heterocycles. The molecule has 8 heteroatoms. The Balaban J connectivity index is 2.15. The first-order valence-electron chi connectivity index (χ1n) is 6.33. The number of nitrogens with zero attached hydrogens (tertiary/aromatic N) is 3. The van der Waals surface area contributed by atoms with Crippen LogP contribution in [-0.4, -0.2) is 43.9 Å². The first-order chi connectivity index (χ1) is 10.0. The predicted octanol–water partition coefficient (Wildman–Crippen LogP) is -1.25. The van der Waals surface area contributed by atoms with Gasteiger partial charge in [0.1, 0.15) is 17.7 Å². The molecular weight excluding hydrogens is 298 g/mol. The molecule has 0 radical (unpaired) electrons. The van der Waals surface area contributed by atoms with Crippen molar-refractivity contribution in [1.29, 1.82) is 0 Å². The smallest absolute Gasteiger partial charge is 0.183 e. The van der Waals surface area contributed by atoms with Crippen LogP contribution in [0.2, 0.25) is 0 Å². The van der Waals surface area contributed by atoms with Crippen molar-refractivity contribution in [3.63, 3.8) is 0 Å². The maximum Gasteiger partial charge on any atom is 0.183 e. The monoisotopic (exact) mass is 311 g/mol. The summed E-state index contributed by atoms with van der Waals surface area (Å²) in [4.78, 5) is 8.43. The highest BCUT2D eigenvalue weighted by atomic mass is 35.5. The minimum absolute atomic E-state index is 0.351. The topological polar surface area (TPSA) is 100 Å². The van der Waals surface area contributed by atoms with Gasteiger partial charge in [-0.05, 0) is 11.6 Å². The fourth-order valence-corrected chi connectivity index (χ4v) is 2.62. The molecule has 1 fully saturated rings. The van der Waals surface area contributed by atoms with Crippen molar-refractivity contribution in [2.75, 3.05) is 6.61 Å². The number of ether oxygens (including phenoxy) is 1. The van der Waals surface area contributed by atoms with E-state index in [1.54, 1.807) is 6.08 Å². The third-order valence-corrected chi connectivity index (χ3v) is 4.01. The van der Waals surface area contributed by atoms with Crippen LogP contribution < -0.4 is 10.8 Å². The molecule has 4 atom stereocenters. The number of aliphatic hydroxyl groups excluding tert-OH is 3. The highest BCUT2D eigenvalue weighted by Crippen LogP contribution is 2.32. The molecular formula is C13H14ClN3O4. The second-order valence-corrected chi connectivity index (χ2v) is 5.24. The van der Waals surface area contributed by atoms with Crippen molar-refractivity contribution in [3.05, 3.63) is 41.6 Å². The molecule has 21 heavy (non-hydrogen) atoms. The Morgan fingerprint density at radius 2 is 2.19 bits per heavy atom. The zero-order valence-electron chi connectivity index (χ0n) is 10.9. The van der Waals surface area contributed by atoms with E-state index >= 15 is 0 Å². The van der Waals surface area contributed by atoms with Gasteiger partial charge in [0, 0.05) is 6.20 Å². The number of hydrogen-bond acceptors (Lipinski definition) is 6. The summed E-state index contributed by atoms with van der Waals surface area (Å²) in [6.45, 7) is 3.45. The van der Waals surface area contributed by atoms with E-state index < -0.39 is 24.5 Å². The van der Waals surface area contributed by atoms with E-state index in [2.05, 4.69) is 16.6 Å². The fourth-order valence-electron chi connectivity index (χ4n) is 2.42. The molecule has 0 saturated carbocycles. The summed E-state index contributed by atoms with van der Waals surface area (Å²) in [5, 5.41) is 29.6. The highest BCUT2D eigenvalue weighted by molar-refractivity contribution is 6.48. The minimum Gasteiger partial charge on any atom is -0.396 e. The number of fused-ring (bicyclic) bond motifs is 1. The number of allylic oxidation sites excluding steroid dienone is 2. The summed E-state index contributed by atoms with van der Waals surface area (Å²) in [6.07, 6.45) is 1.28. The number of hydrogen-bond donors (Lipinski definition) is 3. The van der Waals surface area contributed by atoms with E-state index in [4.69, 9.17) is 16.3 Å². The predicted molar refractivity (Wildman–Crippen MR) is 73.3 cm³/mol. The maximum atomic E-state index is 9.82. The van der Waals surface area contributed by atoms with E-state index in [1.165, 1.54) is 17.1 Å². The van der Waals surface area contributed by atoms with Crippen LogP contribution in [-0.2, 0) is 4.74 Å². The number of rotatable bonds is 2. The molecule has 3 rings (SSSR count). The van der Waals surface area contributed by atoms with Gasteiger partial charge in [0.05, 0.1) is 23.9 Å². The molecule has 3 N–H and O–H groups in total. The summed E-state index contributed by atoms with van der Waals surface area (Å²) in [5.41, 5.74) is 0.996. The van der Waals surface area contributed by atoms with Gasteiger partial charge < -0.3 is 20.1 Å². The molecule has 0 aliphatic carbocycles. The van der Waals surface area contributed by atoms with Crippen LogP contribution in [0.5, 0.6) is 0 Å². The Hall–Kier alpha value is -1.51. The van der Waals surface area contributed by atoms with Gasteiger partial charge in [-0.2, -0.15) is 0 Å². The van der Waals surface area contributed by atoms with Crippen LogP contribution in [0.15, 0.2) is 35.7 Å². The van der Waals surface area contributed by atoms with Crippen LogP contribution >= 0.6 is 11.6 Å². The van der Waals surface area contributed by atoms with Crippen molar-refractivity contribution < 1.29 is 20.1 Å². The van der Waals surface area contributed by atoms with E-state index in [-0.39, 0.29) is 6.61 Å². The molecule has 0 bridgehead atoms. The lowest BCUT2D eigenvalue weighted by molar-refractivity contribution is -0.142. The van der Waals surface area contributed by atoms with E-state index in [0.717, 1.165) is 0 Å². The second-order valence-electron chi connectivity index (χ2n) is 4.86. The Morgan fingerprint density at radius 3 is 2.90 bits per heavy atom. The number of aromatic nitrogens is 2. The highest BCUT2D eigenvalue weighted by Gasteiger charge is 2.43. The second kappa shape index (κ2) is 5.36. The molecule has 0 spiro atoms. The molecule has 7 nitrogen and oxygen atoms in total. The Bertz CT molecular complexity index is 726. The van der Waals surface area contributed by atoms with Crippen LogP contribution in [0.25, 0.3) is 5.03 Å². The number of halogens is 1. The van der Waals surface area contributed by atoms with Crippen LogP contribution in [0.1, 0.15) is 6.23 Å². The van der Waals surface area contributed by atoms with Gasteiger partial charge in [0.25, 0.3) is 0 Å². The van der Waals surface area contributed by atoms with Gasteiger partial charge in [-0.15, -0.1) is 0 Å². The minimum atomic E-state index is -1.37. The van der Waals surface area contributed by atoms with E-state index in [0.29, 0.717) is 21.4 Å². The van der Waals surface area contributed by atoms with Crippen molar-refractivity contribution in [2.24, 2.45) is 10.9 Å². The lowest BCUT2D eigenvalue weighted by Gasteiger charge is -2.18. The quantitative estimate of drug-likeness (QED) is 0.634. The summed E-state index contributed by atoms with van der Waals surface area (Å²) >= 11 is 6.19. The average Bonchev–Trinajstić information content (AvgIpc) is 2.96. The van der Waals surface area contributed by atoms with Crippen molar-refractivity contribution >= 4 is 16.6 Å². The summed E-state index contributed by atoms with van der Waals surface area (Å²) in [7, 11) is 0. The molecule has 112 valence electrons. The Labute approximate surface area is 124 Å². The third kappa shape index (κ3) is 2.23. The van der Waals surface area contributed by atoms with Gasteiger partial charge in [-0.3, -0.25) is 4.57 Å². The zero-order valence-corrected chi connectivity index (χ0v) is 11.7. The van der Waals surface area contributed by atoms with Crippen molar-refractivity contribution in [3.8, 4) is 0 Å². The molecule has 0 unspecified atom stereocenters. The summed E-state index contributed by atoms with van der Waals surface area (Å²) < 4.78 is 6.83. The maximum absolute atomic E-state index is 9.82. The number of imidazole rings is 1. The van der Waals surface area contributed by atoms with Gasteiger partial charge in [0.2, 0.25) is 0 Å². The third-order valence-electron chi connectivity index (χ3n) is 3.59. The molecule has 1 saturated heterocycles. The first kappa shape index (κ1) is 14.4. The largest absolute Gasteiger partial charge is 0.396 e. The normalized spacial score (nSPS) is 32.0. The van der Waals surface area contributed by atoms with E-state index in [9.17, 15) is 15.3 Å². The van der Waals surface area contributed by atoms with Crippen molar-refractivity contribution in [2.45, 2.75) is 18.6 Å².